The van der Waals surface area contributed by atoms with Crippen LogP contribution in [0.2, 0.25) is 0 Å². The van der Waals surface area contributed by atoms with Gasteiger partial charge in [-0.05, 0) is 62.9 Å². The van der Waals surface area contributed by atoms with Crippen molar-refractivity contribution in [3.8, 4) is 5.75 Å². The zero-order chi connectivity index (χ0) is 24.9. The molecule has 0 aliphatic rings. The van der Waals surface area contributed by atoms with Crippen molar-refractivity contribution in [2.45, 2.75) is 39.2 Å². The number of hydrogen-bond acceptors (Lipinski definition) is 6. The number of aromatic nitrogens is 1. The van der Waals surface area contributed by atoms with Crippen molar-refractivity contribution < 1.29 is 19.4 Å². The van der Waals surface area contributed by atoms with Crippen molar-refractivity contribution >= 4 is 55.2 Å². The molecule has 0 unspecified atom stereocenters. The van der Waals surface area contributed by atoms with Gasteiger partial charge in [-0.1, -0.05) is 45.5 Å². The van der Waals surface area contributed by atoms with E-state index >= 15 is 0 Å². The summed E-state index contributed by atoms with van der Waals surface area (Å²) in [6, 6.07) is 10.8. The summed E-state index contributed by atoms with van der Waals surface area (Å²) in [5.41, 5.74) is 2.39. The topological polar surface area (TPSA) is 112 Å². The lowest BCUT2D eigenvalue weighted by Crippen LogP contribution is -2.39. The number of hydrogen-bond donors (Lipinski definition) is 3. The summed E-state index contributed by atoms with van der Waals surface area (Å²) in [4.78, 5) is 40.3. The Morgan fingerprint density at radius 3 is 2.44 bits per heavy atom. The number of benzene rings is 2. The molecule has 8 nitrogen and oxygen atoms in total. The molecule has 0 saturated heterocycles. The fourth-order valence-corrected chi connectivity index (χ4v) is 4.40. The molecule has 0 aliphatic carbocycles. The van der Waals surface area contributed by atoms with Crippen molar-refractivity contribution in [2.75, 3.05) is 23.7 Å². The van der Waals surface area contributed by atoms with Crippen LogP contribution in [-0.2, 0) is 22.4 Å². The Hall–Kier alpha value is -2.85. The molecule has 3 aromatic rings. The minimum Gasteiger partial charge on any atom is -0.506 e. The second kappa shape index (κ2) is 11.1. The molecule has 3 rings (SSSR count). The fraction of sp³-hybridized carbons (Fsp3) is 0.375. The molecule has 2 amide bonds. The number of rotatable bonds is 8. The van der Waals surface area contributed by atoms with Crippen molar-refractivity contribution in [1.82, 2.24) is 9.88 Å². The molecule has 3 N–H and O–H groups in total. The number of H-pyrrole nitrogens is 1. The SMILES string of the molecule is CC(C)(C)OC(=O)N(CCc1ccc(NC(=O)CBr)cc1)CCc1ccc(O)c2[nH]c(=O)sc12. The second-order valence-electron chi connectivity index (χ2n) is 8.81. The quantitative estimate of drug-likeness (QED) is 0.354. The van der Waals surface area contributed by atoms with Crippen LogP contribution in [0.5, 0.6) is 5.75 Å². The van der Waals surface area contributed by atoms with E-state index in [0.29, 0.717) is 41.8 Å². The smallest absolute Gasteiger partial charge is 0.410 e. The second-order valence-corrected chi connectivity index (χ2v) is 10.4. The van der Waals surface area contributed by atoms with E-state index in [1.807, 2.05) is 45.0 Å². The number of carbonyl (C=O) groups is 2. The van der Waals surface area contributed by atoms with Crippen LogP contribution in [-0.4, -0.2) is 51.0 Å². The van der Waals surface area contributed by atoms with Crippen LogP contribution in [0.4, 0.5) is 10.5 Å². The summed E-state index contributed by atoms with van der Waals surface area (Å²) in [5, 5.41) is 13.0. The molecule has 0 atom stereocenters. The van der Waals surface area contributed by atoms with Gasteiger partial charge in [0.25, 0.3) is 0 Å². The molecular formula is C24H28BrN3O5S. The molecule has 0 spiro atoms. The predicted octanol–water partition coefficient (Wildman–Crippen LogP) is 4.65. The van der Waals surface area contributed by atoms with Crippen molar-refractivity contribution in [2.24, 2.45) is 0 Å². The molecule has 10 heteroatoms. The molecule has 2 aromatic carbocycles. The number of aromatic hydroxyl groups is 1. The highest BCUT2D eigenvalue weighted by atomic mass is 79.9. The minimum absolute atomic E-state index is 0.0249. The van der Waals surface area contributed by atoms with E-state index in [1.165, 1.54) is 0 Å². The maximum absolute atomic E-state index is 12.9. The zero-order valence-corrected chi connectivity index (χ0v) is 21.7. The Morgan fingerprint density at radius 1 is 1.12 bits per heavy atom. The Bertz CT molecular complexity index is 1210. The molecule has 1 heterocycles. The van der Waals surface area contributed by atoms with Crippen LogP contribution in [0, 0.1) is 0 Å². The number of anilines is 1. The van der Waals surface area contributed by atoms with Gasteiger partial charge >= 0.3 is 11.0 Å². The predicted molar refractivity (Wildman–Crippen MR) is 138 cm³/mol. The van der Waals surface area contributed by atoms with Crippen LogP contribution in [0.25, 0.3) is 10.2 Å². The van der Waals surface area contributed by atoms with Crippen molar-refractivity contribution in [3.63, 3.8) is 0 Å². The highest BCUT2D eigenvalue weighted by Crippen LogP contribution is 2.28. The number of nitrogens with zero attached hydrogens (tertiary/aromatic N) is 1. The highest BCUT2D eigenvalue weighted by Gasteiger charge is 2.22. The number of ether oxygens (including phenoxy) is 1. The van der Waals surface area contributed by atoms with Crippen LogP contribution in [0.1, 0.15) is 31.9 Å². The van der Waals surface area contributed by atoms with Gasteiger partial charge in [-0.25, -0.2) is 4.79 Å². The lowest BCUT2D eigenvalue weighted by atomic mass is 10.1. The van der Waals surface area contributed by atoms with Crippen LogP contribution < -0.4 is 10.2 Å². The van der Waals surface area contributed by atoms with Gasteiger partial charge in [0.2, 0.25) is 5.91 Å². The summed E-state index contributed by atoms with van der Waals surface area (Å²) in [7, 11) is 0. The number of carbonyl (C=O) groups excluding carboxylic acids is 2. The number of halogens is 1. The molecule has 182 valence electrons. The van der Waals surface area contributed by atoms with Gasteiger partial charge in [-0.15, -0.1) is 0 Å². The molecular weight excluding hydrogens is 522 g/mol. The summed E-state index contributed by atoms with van der Waals surface area (Å²) < 4.78 is 6.29. The van der Waals surface area contributed by atoms with E-state index in [1.54, 1.807) is 17.0 Å². The first-order chi connectivity index (χ1) is 16.1. The average Bonchev–Trinajstić information content (AvgIpc) is 3.17. The first-order valence-corrected chi connectivity index (χ1v) is 12.8. The fourth-order valence-electron chi connectivity index (χ4n) is 3.36. The zero-order valence-electron chi connectivity index (χ0n) is 19.3. The number of fused-ring (bicyclic) bond motifs is 1. The summed E-state index contributed by atoms with van der Waals surface area (Å²) in [5.74, 6) is -0.100. The van der Waals surface area contributed by atoms with Gasteiger partial charge in [0.1, 0.15) is 16.9 Å². The van der Waals surface area contributed by atoms with Gasteiger partial charge in [0.05, 0.1) is 10.0 Å². The number of aromatic amines is 1. The molecule has 0 fully saturated rings. The number of nitrogens with one attached hydrogen (secondary N) is 2. The normalized spacial score (nSPS) is 11.4. The number of phenolic OH excluding ortho intramolecular Hbond substituents is 1. The van der Waals surface area contributed by atoms with E-state index < -0.39 is 11.7 Å². The lowest BCUT2D eigenvalue weighted by molar-refractivity contribution is -0.113. The van der Waals surface area contributed by atoms with Gasteiger partial charge in [-0.2, -0.15) is 0 Å². The molecule has 0 aliphatic heterocycles. The van der Waals surface area contributed by atoms with Gasteiger partial charge in [0.15, 0.2) is 0 Å². The van der Waals surface area contributed by atoms with E-state index in [2.05, 4.69) is 26.2 Å². The first kappa shape index (κ1) is 25.8. The average molecular weight is 550 g/mol. The van der Waals surface area contributed by atoms with Crippen LogP contribution in [0.3, 0.4) is 0 Å². The maximum atomic E-state index is 12.9. The van der Waals surface area contributed by atoms with E-state index in [0.717, 1.165) is 22.5 Å². The van der Waals surface area contributed by atoms with E-state index in [4.69, 9.17) is 4.74 Å². The number of thiazole rings is 1. The number of amides is 2. The van der Waals surface area contributed by atoms with Crippen molar-refractivity contribution in [1.29, 1.82) is 0 Å². The third kappa shape index (κ3) is 7.07. The number of alkyl halides is 1. The molecule has 1 aromatic heterocycles. The van der Waals surface area contributed by atoms with Crippen molar-refractivity contribution in [3.05, 3.63) is 57.2 Å². The Balaban J connectivity index is 1.72. The van der Waals surface area contributed by atoms with E-state index in [9.17, 15) is 19.5 Å². The standard InChI is InChI=1S/C24H28BrN3O5S/c1-24(2,3)33-23(32)28(12-10-15-4-7-17(8-5-15)26-19(30)14-25)13-11-16-6-9-18(29)20-21(16)34-22(31)27-20/h4-9,29H,10-14H2,1-3H3,(H,26,30)(H,27,31). The maximum Gasteiger partial charge on any atom is 0.410 e. The summed E-state index contributed by atoms with van der Waals surface area (Å²) >= 11 is 4.16. The molecule has 0 saturated carbocycles. The lowest BCUT2D eigenvalue weighted by Gasteiger charge is -2.27. The molecule has 0 radical (unpaired) electrons. The third-order valence-corrected chi connectivity index (χ3v) is 6.44. The monoisotopic (exact) mass is 549 g/mol. The third-order valence-electron chi connectivity index (χ3n) is 4.97. The van der Waals surface area contributed by atoms with Gasteiger partial charge in [0, 0.05) is 18.8 Å². The molecule has 34 heavy (non-hydrogen) atoms. The number of phenols is 1. The Kier molecular flexibility index (Phi) is 8.37. The summed E-state index contributed by atoms with van der Waals surface area (Å²) in [6.45, 7) is 6.30. The Labute approximate surface area is 210 Å². The van der Waals surface area contributed by atoms with Gasteiger partial charge < -0.3 is 25.0 Å². The summed E-state index contributed by atoms with van der Waals surface area (Å²) in [6.07, 6.45) is 0.696. The largest absolute Gasteiger partial charge is 0.506 e. The highest BCUT2D eigenvalue weighted by molar-refractivity contribution is 9.09. The first-order valence-electron chi connectivity index (χ1n) is 10.8. The Morgan fingerprint density at radius 2 is 1.79 bits per heavy atom. The van der Waals surface area contributed by atoms with Crippen LogP contribution in [0.15, 0.2) is 41.2 Å². The molecule has 0 bridgehead atoms. The van der Waals surface area contributed by atoms with Gasteiger partial charge in [-0.3, -0.25) is 9.59 Å². The van der Waals surface area contributed by atoms with Crippen LogP contribution >= 0.6 is 27.3 Å². The minimum atomic E-state index is -0.628. The van der Waals surface area contributed by atoms with E-state index in [-0.39, 0.29) is 21.9 Å².